The molecule has 178 valence electrons. The monoisotopic (exact) mass is 477 g/mol. The largest absolute Gasteiger partial charge is 0.483 e. The van der Waals surface area contributed by atoms with Gasteiger partial charge in [-0.15, -0.1) is 11.3 Å². The molecule has 10 heteroatoms. The lowest BCUT2D eigenvalue weighted by Crippen LogP contribution is -2.53. The first-order valence-electron chi connectivity index (χ1n) is 11.0. The van der Waals surface area contributed by atoms with Gasteiger partial charge in [-0.3, -0.25) is 14.4 Å². The van der Waals surface area contributed by atoms with Crippen LogP contribution in [0.3, 0.4) is 0 Å². The third-order valence-electron chi connectivity index (χ3n) is 5.26. The molecule has 1 aliphatic rings. The first-order valence-corrected chi connectivity index (χ1v) is 11.9. The van der Waals surface area contributed by atoms with Gasteiger partial charge in [-0.25, -0.2) is 9.37 Å². The van der Waals surface area contributed by atoms with Crippen LogP contribution in [-0.4, -0.2) is 41.5 Å². The fraction of sp³-hybridized carbons (Fsp3) is 0.478. The number of hydrogen-bond donors (Lipinski definition) is 2. The maximum Gasteiger partial charge on any atom is 0.306 e. The molecule has 2 aromatic rings. The summed E-state index contributed by atoms with van der Waals surface area (Å²) in [5.41, 5.74) is 0.255. The Morgan fingerprint density at radius 3 is 2.58 bits per heavy atom. The zero-order valence-electron chi connectivity index (χ0n) is 18.5. The number of hydrogen-bond acceptors (Lipinski definition) is 7. The van der Waals surface area contributed by atoms with Gasteiger partial charge in [-0.2, -0.15) is 0 Å². The van der Waals surface area contributed by atoms with Crippen LogP contribution < -0.4 is 15.4 Å². The Labute approximate surface area is 195 Å². The zero-order chi connectivity index (χ0) is 23.6. The van der Waals surface area contributed by atoms with E-state index in [-0.39, 0.29) is 61.4 Å². The molecule has 0 radical (unpaired) electrons. The number of rotatable bonds is 10. The van der Waals surface area contributed by atoms with E-state index in [0.717, 1.165) is 25.7 Å². The van der Waals surface area contributed by atoms with Crippen molar-refractivity contribution < 1.29 is 28.2 Å². The topological polar surface area (TPSA) is 107 Å². The molecule has 0 unspecified atom stereocenters. The SMILES string of the molecule is CCOC(=O)CCC(=O)N[C@@H]1CCCC[C@H]1NC(=O)c1csc(COc2ccccc2F)n1. The molecular weight excluding hydrogens is 449 g/mol. The predicted octanol–water partition coefficient (Wildman–Crippen LogP) is 3.36. The molecular formula is C23H28FN3O5S. The smallest absolute Gasteiger partial charge is 0.306 e. The Kier molecular flexibility index (Phi) is 9.17. The van der Waals surface area contributed by atoms with Crippen LogP contribution in [0.4, 0.5) is 4.39 Å². The minimum atomic E-state index is -0.459. The van der Waals surface area contributed by atoms with Crippen LogP contribution in [0.15, 0.2) is 29.6 Å². The van der Waals surface area contributed by atoms with Crippen LogP contribution in [-0.2, 0) is 20.9 Å². The van der Waals surface area contributed by atoms with E-state index < -0.39 is 11.8 Å². The van der Waals surface area contributed by atoms with Crippen LogP contribution >= 0.6 is 11.3 Å². The Balaban J connectivity index is 1.51. The van der Waals surface area contributed by atoms with Crippen molar-refractivity contribution in [3.05, 3.63) is 46.2 Å². The number of para-hydroxylation sites is 1. The fourth-order valence-electron chi connectivity index (χ4n) is 3.63. The molecule has 1 aromatic carbocycles. The lowest BCUT2D eigenvalue weighted by molar-refractivity contribution is -0.144. The summed E-state index contributed by atoms with van der Waals surface area (Å²) >= 11 is 1.26. The molecule has 0 saturated heterocycles. The van der Waals surface area contributed by atoms with Gasteiger partial charge in [0.2, 0.25) is 5.91 Å². The number of benzene rings is 1. The van der Waals surface area contributed by atoms with E-state index in [2.05, 4.69) is 15.6 Å². The number of nitrogens with one attached hydrogen (secondary N) is 2. The van der Waals surface area contributed by atoms with Gasteiger partial charge >= 0.3 is 5.97 Å². The first kappa shape index (κ1) is 24.6. The molecule has 0 spiro atoms. The molecule has 2 atom stereocenters. The number of thiazole rings is 1. The number of amides is 2. The zero-order valence-corrected chi connectivity index (χ0v) is 19.3. The molecule has 0 aliphatic heterocycles. The van der Waals surface area contributed by atoms with Crippen LogP contribution in [0.1, 0.15) is 60.9 Å². The lowest BCUT2D eigenvalue weighted by atomic mass is 9.90. The highest BCUT2D eigenvalue weighted by atomic mass is 32.1. The normalized spacial score (nSPS) is 17.8. The van der Waals surface area contributed by atoms with E-state index >= 15 is 0 Å². The number of esters is 1. The second-order valence-corrected chi connectivity index (χ2v) is 8.63. The van der Waals surface area contributed by atoms with Gasteiger partial charge in [0, 0.05) is 23.9 Å². The molecule has 1 saturated carbocycles. The van der Waals surface area contributed by atoms with E-state index in [1.165, 1.54) is 23.5 Å². The van der Waals surface area contributed by atoms with Crippen molar-refractivity contribution in [2.75, 3.05) is 6.61 Å². The molecule has 33 heavy (non-hydrogen) atoms. The standard InChI is InChI=1S/C23H28FN3O5S/c1-2-31-22(29)12-11-20(28)25-16-8-4-5-9-17(16)27-23(30)18-14-33-21(26-18)13-32-19-10-6-3-7-15(19)24/h3,6-7,10,14,16-17H,2,4-5,8-9,11-13H2,1H3,(H,25,28)(H,27,30)/t16-,17-/m1/s1. The van der Waals surface area contributed by atoms with Gasteiger partial charge in [0.1, 0.15) is 17.3 Å². The van der Waals surface area contributed by atoms with E-state index in [0.29, 0.717) is 5.01 Å². The van der Waals surface area contributed by atoms with Crippen LogP contribution in [0, 0.1) is 5.82 Å². The van der Waals surface area contributed by atoms with Crippen molar-refractivity contribution in [3.63, 3.8) is 0 Å². The third-order valence-corrected chi connectivity index (χ3v) is 6.08. The first-order chi connectivity index (χ1) is 16.0. The second kappa shape index (κ2) is 12.3. The van der Waals surface area contributed by atoms with E-state index in [9.17, 15) is 18.8 Å². The summed E-state index contributed by atoms with van der Waals surface area (Å²) < 4.78 is 24.0. The van der Waals surface area contributed by atoms with Crippen molar-refractivity contribution in [2.45, 2.75) is 64.1 Å². The summed E-state index contributed by atoms with van der Waals surface area (Å²) in [5, 5.41) is 8.09. The number of ether oxygens (including phenoxy) is 2. The minimum absolute atomic E-state index is 0.0277. The lowest BCUT2D eigenvalue weighted by Gasteiger charge is -2.32. The fourth-order valence-corrected chi connectivity index (χ4v) is 4.31. The van der Waals surface area contributed by atoms with Crippen LogP contribution in [0.25, 0.3) is 0 Å². The van der Waals surface area contributed by atoms with Gasteiger partial charge in [-0.05, 0) is 31.9 Å². The number of carbonyl (C=O) groups excluding carboxylic acids is 3. The minimum Gasteiger partial charge on any atom is -0.483 e. The average molecular weight is 478 g/mol. The van der Waals surface area contributed by atoms with E-state index in [1.807, 2.05) is 0 Å². The molecule has 8 nitrogen and oxygen atoms in total. The van der Waals surface area contributed by atoms with Crippen molar-refractivity contribution in [3.8, 4) is 5.75 Å². The van der Waals surface area contributed by atoms with Crippen LogP contribution in [0.5, 0.6) is 5.75 Å². The van der Waals surface area contributed by atoms with E-state index in [1.54, 1.807) is 24.4 Å². The Morgan fingerprint density at radius 1 is 1.12 bits per heavy atom. The molecule has 1 heterocycles. The summed E-state index contributed by atoms with van der Waals surface area (Å²) in [4.78, 5) is 40.7. The highest BCUT2D eigenvalue weighted by Gasteiger charge is 2.28. The van der Waals surface area contributed by atoms with E-state index in [4.69, 9.17) is 9.47 Å². The van der Waals surface area contributed by atoms with Crippen LogP contribution in [0.2, 0.25) is 0 Å². The summed E-state index contributed by atoms with van der Waals surface area (Å²) in [5.74, 6) is -1.31. The Hall–Kier alpha value is -3.01. The van der Waals surface area contributed by atoms with Crippen molar-refractivity contribution in [1.82, 2.24) is 15.6 Å². The second-order valence-electron chi connectivity index (χ2n) is 7.69. The quantitative estimate of drug-likeness (QED) is 0.508. The van der Waals surface area contributed by atoms with Gasteiger partial charge in [-0.1, -0.05) is 25.0 Å². The molecule has 2 amide bonds. The summed E-state index contributed by atoms with van der Waals surface area (Å²) in [6, 6.07) is 5.66. The van der Waals surface area contributed by atoms with Gasteiger partial charge in [0.25, 0.3) is 5.91 Å². The highest BCUT2D eigenvalue weighted by Crippen LogP contribution is 2.21. The maximum atomic E-state index is 13.7. The predicted molar refractivity (Wildman–Crippen MR) is 120 cm³/mol. The van der Waals surface area contributed by atoms with Gasteiger partial charge in [0.15, 0.2) is 11.6 Å². The number of halogens is 1. The number of aromatic nitrogens is 1. The average Bonchev–Trinajstić information content (AvgIpc) is 3.28. The number of carbonyl (C=O) groups is 3. The molecule has 1 aliphatic carbocycles. The highest BCUT2D eigenvalue weighted by molar-refractivity contribution is 7.09. The van der Waals surface area contributed by atoms with Crippen molar-refractivity contribution in [1.29, 1.82) is 0 Å². The molecule has 1 fully saturated rings. The third kappa shape index (κ3) is 7.52. The summed E-state index contributed by atoms with van der Waals surface area (Å²) in [6.45, 7) is 2.06. The Bertz CT molecular complexity index is 967. The van der Waals surface area contributed by atoms with Crippen molar-refractivity contribution >= 4 is 29.1 Å². The van der Waals surface area contributed by atoms with Gasteiger partial charge in [0.05, 0.1) is 13.0 Å². The summed E-state index contributed by atoms with van der Waals surface area (Å²) in [6.07, 6.45) is 3.45. The summed E-state index contributed by atoms with van der Waals surface area (Å²) in [7, 11) is 0. The van der Waals surface area contributed by atoms with Gasteiger partial charge < -0.3 is 20.1 Å². The molecule has 2 N–H and O–H groups in total. The number of nitrogens with zero attached hydrogens (tertiary/aromatic N) is 1. The maximum absolute atomic E-state index is 13.7. The Morgan fingerprint density at radius 2 is 1.85 bits per heavy atom. The van der Waals surface area contributed by atoms with Crippen molar-refractivity contribution in [2.24, 2.45) is 0 Å². The molecule has 3 rings (SSSR count). The molecule has 1 aromatic heterocycles. The molecule has 0 bridgehead atoms.